The first-order chi connectivity index (χ1) is 14.6. The number of piperazine rings is 1. The van der Waals surface area contributed by atoms with E-state index < -0.39 is 0 Å². The fraction of sp³-hybridized carbons (Fsp3) is 0.409. The standard InChI is InChI=1S/C22H24FN5O2/c1-15-13-21(30-25-15)22(29)27-11-9-26(10-12-27)14-19-18-3-2-4-20(18)28(24-19)17-7-5-16(23)6-8-17/h5-8,13H,2-4,9-12,14H2,1H3. The van der Waals surface area contributed by atoms with Crippen molar-refractivity contribution in [1.29, 1.82) is 0 Å². The van der Waals surface area contributed by atoms with E-state index in [-0.39, 0.29) is 11.7 Å². The summed E-state index contributed by atoms with van der Waals surface area (Å²) in [5.41, 5.74) is 5.28. The predicted molar refractivity (Wildman–Crippen MR) is 108 cm³/mol. The number of hydrogen-bond acceptors (Lipinski definition) is 5. The lowest BCUT2D eigenvalue weighted by molar-refractivity contribution is 0.0587. The van der Waals surface area contributed by atoms with Crippen LogP contribution in [-0.4, -0.2) is 56.8 Å². The molecule has 2 aliphatic rings. The average molecular weight is 409 g/mol. The lowest BCUT2D eigenvalue weighted by Crippen LogP contribution is -2.48. The van der Waals surface area contributed by atoms with Crippen molar-refractivity contribution in [3.8, 4) is 5.69 Å². The van der Waals surface area contributed by atoms with E-state index in [2.05, 4.69) is 10.1 Å². The van der Waals surface area contributed by atoms with Crippen molar-refractivity contribution in [2.75, 3.05) is 26.2 Å². The first kappa shape index (κ1) is 19.0. The highest BCUT2D eigenvalue weighted by Gasteiger charge is 2.28. The van der Waals surface area contributed by atoms with Crippen LogP contribution < -0.4 is 0 Å². The molecule has 1 fully saturated rings. The van der Waals surface area contributed by atoms with Gasteiger partial charge in [0.15, 0.2) is 0 Å². The van der Waals surface area contributed by atoms with E-state index in [9.17, 15) is 9.18 Å². The van der Waals surface area contributed by atoms with Crippen LogP contribution in [0.4, 0.5) is 4.39 Å². The number of aryl methyl sites for hydroxylation is 1. The molecule has 3 heterocycles. The molecule has 8 heteroatoms. The Bertz CT molecular complexity index is 1060. The highest BCUT2D eigenvalue weighted by Crippen LogP contribution is 2.29. The Labute approximate surface area is 174 Å². The first-order valence-corrected chi connectivity index (χ1v) is 10.4. The summed E-state index contributed by atoms with van der Waals surface area (Å²) >= 11 is 0. The van der Waals surface area contributed by atoms with Crippen molar-refractivity contribution >= 4 is 5.91 Å². The number of carbonyl (C=O) groups excluding carboxylic acids is 1. The molecular weight excluding hydrogens is 385 g/mol. The summed E-state index contributed by atoms with van der Waals surface area (Å²) < 4.78 is 20.4. The van der Waals surface area contributed by atoms with Gasteiger partial charge in [-0.3, -0.25) is 9.69 Å². The minimum Gasteiger partial charge on any atom is -0.351 e. The van der Waals surface area contributed by atoms with Crippen LogP contribution in [0.5, 0.6) is 0 Å². The van der Waals surface area contributed by atoms with Gasteiger partial charge in [0.2, 0.25) is 5.76 Å². The summed E-state index contributed by atoms with van der Waals surface area (Å²) in [6.07, 6.45) is 3.16. The molecule has 30 heavy (non-hydrogen) atoms. The van der Waals surface area contributed by atoms with Gasteiger partial charge in [-0.15, -0.1) is 0 Å². The number of aromatic nitrogens is 3. The molecule has 1 saturated heterocycles. The zero-order valence-electron chi connectivity index (χ0n) is 17.0. The fourth-order valence-corrected chi connectivity index (χ4v) is 4.38. The first-order valence-electron chi connectivity index (χ1n) is 10.4. The third kappa shape index (κ3) is 3.52. The van der Waals surface area contributed by atoms with Gasteiger partial charge >= 0.3 is 0 Å². The van der Waals surface area contributed by atoms with E-state index in [1.165, 1.54) is 23.4 Å². The Balaban J connectivity index is 1.28. The highest BCUT2D eigenvalue weighted by atomic mass is 19.1. The quantitative estimate of drug-likeness (QED) is 0.663. The summed E-state index contributed by atoms with van der Waals surface area (Å²) in [4.78, 5) is 16.7. The molecule has 0 radical (unpaired) electrons. The molecule has 156 valence electrons. The third-order valence-corrected chi connectivity index (χ3v) is 5.96. The van der Waals surface area contributed by atoms with Crippen molar-refractivity contribution in [1.82, 2.24) is 24.7 Å². The second-order valence-corrected chi connectivity index (χ2v) is 8.01. The Morgan fingerprint density at radius 2 is 1.90 bits per heavy atom. The van der Waals surface area contributed by atoms with Crippen molar-refractivity contribution in [2.24, 2.45) is 0 Å². The third-order valence-electron chi connectivity index (χ3n) is 5.96. The second-order valence-electron chi connectivity index (χ2n) is 8.01. The van der Waals surface area contributed by atoms with E-state index in [1.54, 1.807) is 18.2 Å². The van der Waals surface area contributed by atoms with Gasteiger partial charge < -0.3 is 9.42 Å². The van der Waals surface area contributed by atoms with Crippen molar-refractivity contribution in [2.45, 2.75) is 32.7 Å². The van der Waals surface area contributed by atoms with Crippen LogP contribution in [0.3, 0.4) is 0 Å². The fourth-order valence-electron chi connectivity index (χ4n) is 4.38. The van der Waals surface area contributed by atoms with E-state index in [1.807, 2.05) is 16.5 Å². The zero-order valence-corrected chi connectivity index (χ0v) is 17.0. The van der Waals surface area contributed by atoms with E-state index >= 15 is 0 Å². The smallest absolute Gasteiger partial charge is 0.292 e. The summed E-state index contributed by atoms with van der Waals surface area (Å²) in [5, 5.41) is 8.68. The highest BCUT2D eigenvalue weighted by molar-refractivity contribution is 5.91. The molecule has 1 aromatic carbocycles. The minimum atomic E-state index is -0.240. The van der Waals surface area contributed by atoms with Gasteiger partial charge in [0.1, 0.15) is 5.82 Å². The maximum absolute atomic E-state index is 13.3. The molecule has 2 aromatic heterocycles. The van der Waals surface area contributed by atoms with Gasteiger partial charge in [0.05, 0.1) is 17.1 Å². The van der Waals surface area contributed by atoms with Crippen LogP contribution in [0.15, 0.2) is 34.9 Å². The lowest BCUT2D eigenvalue weighted by Gasteiger charge is -2.33. The summed E-state index contributed by atoms with van der Waals surface area (Å²) in [6.45, 7) is 5.45. The molecule has 5 rings (SSSR count). The van der Waals surface area contributed by atoms with E-state index in [0.29, 0.717) is 24.5 Å². The second kappa shape index (κ2) is 7.68. The SMILES string of the molecule is Cc1cc(C(=O)N2CCN(Cc3nn(-c4ccc(F)cc4)c4c3CCC4)CC2)on1. The van der Waals surface area contributed by atoms with Gasteiger partial charge in [0, 0.05) is 44.5 Å². The summed E-state index contributed by atoms with van der Waals surface area (Å²) in [7, 11) is 0. The lowest BCUT2D eigenvalue weighted by atomic mass is 10.2. The molecule has 0 saturated carbocycles. The number of nitrogens with zero attached hydrogens (tertiary/aromatic N) is 5. The Kier molecular flexibility index (Phi) is 4.86. The number of hydrogen-bond donors (Lipinski definition) is 0. The largest absolute Gasteiger partial charge is 0.351 e. The number of amides is 1. The number of rotatable bonds is 4. The van der Waals surface area contributed by atoms with Crippen LogP contribution in [0.25, 0.3) is 5.69 Å². The number of fused-ring (bicyclic) bond motifs is 1. The zero-order chi connectivity index (χ0) is 20.7. The molecule has 0 atom stereocenters. The van der Waals surface area contributed by atoms with Crippen LogP contribution in [0.2, 0.25) is 0 Å². The molecule has 1 aliphatic carbocycles. The Morgan fingerprint density at radius 3 is 2.60 bits per heavy atom. The minimum absolute atomic E-state index is 0.100. The van der Waals surface area contributed by atoms with Crippen molar-refractivity contribution in [3.05, 3.63) is 64.6 Å². The molecule has 0 spiro atoms. The summed E-state index contributed by atoms with van der Waals surface area (Å²) in [5.74, 6) is -0.0378. The van der Waals surface area contributed by atoms with Crippen molar-refractivity contribution in [3.63, 3.8) is 0 Å². The average Bonchev–Trinajstić information content (AvgIpc) is 3.47. The molecule has 1 amide bonds. The Morgan fingerprint density at radius 1 is 1.13 bits per heavy atom. The number of benzene rings is 1. The molecule has 0 N–H and O–H groups in total. The van der Waals surface area contributed by atoms with E-state index in [4.69, 9.17) is 9.62 Å². The van der Waals surface area contributed by atoms with Gasteiger partial charge in [-0.2, -0.15) is 5.10 Å². The van der Waals surface area contributed by atoms with Crippen molar-refractivity contribution < 1.29 is 13.7 Å². The van der Waals surface area contributed by atoms with Crippen LogP contribution in [-0.2, 0) is 19.4 Å². The summed E-state index contributed by atoms with van der Waals surface area (Å²) in [6, 6.07) is 8.19. The van der Waals surface area contributed by atoms with Gasteiger partial charge in [0.25, 0.3) is 5.91 Å². The van der Waals surface area contributed by atoms with Crippen LogP contribution in [0, 0.1) is 12.7 Å². The predicted octanol–water partition coefficient (Wildman–Crippen LogP) is 2.75. The van der Waals surface area contributed by atoms with Crippen LogP contribution >= 0.6 is 0 Å². The monoisotopic (exact) mass is 409 g/mol. The van der Waals surface area contributed by atoms with Crippen LogP contribution in [0.1, 0.15) is 39.6 Å². The normalized spacial score (nSPS) is 16.8. The maximum Gasteiger partial charge on any atom is 0.292 e. The maximum atomic E-state index is 13.3. The molecule has 0 unspecified atom stereocenters. The number of halogens is 1. The number of carbonyl (C=O) groups is 1. The van der Waals surface area contributed by atoms with E-state index in [0.717, 1.165) is 50.3 Å². The Hall–Kier alpha value is -3.00. The van der Waals surface area contributed by atoms with Gasteiger partial charge in [-0.05, 0) is 56.0 Å². The molecular formula is C22H24FN5O2. The molecule has 0 bridgehead atoms. The topological polar surface area (TPSA) is 67.4 Å². The molecule has 7 nitrogen and oxygen atoms in total. The molecule has 1 aliphatic heterocycles. The van der Waals surface area contributed by atoms with Gasteiger partial charge in [-0.25, -0.2) is 9.07 Å². The molecule has 3 aromatic rings. The van der Waals surface area contributed by atoms with Gasteiger partial charge in [-0.1, -0.05) is 5.16 Å².